The maximum atomic E-state index is 13.5. The molecule has 0 amide bonds. The van der Waals surface area contributed by atoms with E-state index in [-0.39, 0.29) is 11.6 Å². The molecule has 1 aliphatic heterocycles. The largest absolute Gasteiger partial charge is 0.492 e. The molecular formula is C16H13FO2. The summed E-state index contributed by atoms with van der Waals surface area (Å²) in [6.45, 7) is 2.12. The highest BCUT2D eigenvalue weighted by molar-refractivity contribution is 6.01. The Morgan fingerprint density at radius 2 is 2.05 bits per heavy atom. The van der Waals surface area contributed by atoms with Crippen LogP contribution >= 0.6 is 0 Å². The van der Waals surface area contributed by atoms with Gasteiger partial charge in [-0.1, -0.05) is 18.2 Å². The zero-order valence-electron chi connectivity index (χ0n) is 10.6. The fourth-order valence-corrected chi connectivity index (χ4v) is 2.47. The summed E-state index contributed by atoms with van der Waals surface area (Å²) in [5.74, 6) is 0.344. The molecule has 0 atom stereocenters. The summed E-state index contributed by atoms with van der Waals surface area (Å²) in [4.78, 5) is 11.7. The SMILES string of the molecule is CC(=O)c1ccc(F)cc1-c1cccc2c1OCC2. The van der Waals surface area contributed by atoms with E-state index < -0.39 is 0 Å². The number of hydrogen-bond donors (Lipinski definition) is 0. The molecule has 0 spiro atoms. The summed E-state index contributed by atoms with van der Waals surface area (Å²) in [5.41, 5.74) is 3.02. The van der Waals surface area contributed by atoms with Gasteiger partial charge in [-0.2, -0.15) is 0 Å². The second-order valence-corrected chi connectivity index (χ2v) is 4.64. The molecule has 0 unspecified atom stereocenters. The summed E-state index contributed by atoms with van der Waals surface area (Å²) in [6.07, 6.45) is 0.855. The predicted molar refractivity (Wildman–Crippen MR) is 71.0 cm³/mol. The van der Waals surface area contributed by atoms with Crippen LogP contribution in [0.2, 0.25) is 0 Å². The Morgan fingerprint density at radius 1 is 1.21 bits per heavy atom. The highest BCUT2D eigenvalue weighted by atomic mass is 19.1. The fraction of sp³-hybridized carbons (Fsp3) is 0.188. The van der Waals surface area contributed by atoms with Gasteiger partial charge in [0.2, 0.25) is 0 Å². The van der Waals surface area contributed by atoms with E-state index in [1.165, 1.54) is 25.1 Å². The third-order valence-electron chi connectivity index (χ3n) is 3.37. The molecule has 1 heterocycles. The Balaban J connectivity index is 2.25. The Bertz CT molecular complexity index is 662. The van der Waals surface area contributed by atoms with Gasteiger partial charge >= 0.3 is 0 Å². The number of halogens is 1. The fourth-order valence-electron chi connectivity index (χ4n) is 2.47. The van der Waals surface area contributed by atoms with Crippen LogP contribution in [0, 0.1) is 5.82 Å². The lowest BCUT2D eigenvalue weighted by Gasteiger charge is -2.11. The number of ketones is 1. The molecule has 3 heteroatoms. The third-order valence-corrected chi connectivity index (χ3v) is 3.37. The van der Waals surface area contributed by atoms with E-state index in [4.69, 9.17) is 4.74 Å². The first-order valence-corrected chi connectivity index (χ1v) is 6.22. The molecule has 0 N–H and O–H groups in total. The first kappa shape index (κ1) is 11.9. The molecule has 0 aliphatic carbocycles. The number of carbonyl (C=O) groups is 1. The van der Waals surface area contributed by atoms with E-state index in [1.807, 2.05) is 18.2 Å². The maximum absolute atomic E-state index is 13.5. The van der Waals surface area contributed by atoms with Crippen LogP contribution in [-0.2, 0) is 6.42 Å². The Morgan fingerprint density at radius 3 is 2.84 bits per heavy atom. The highest BCUT2D eigenvalue weighted by Crippen LogP contribution is 2.38. The smallest absolute Gasteiger partial charge is 0.160 e. The maximum Gasteiger partial charge on any atom is 0.160 e. The summed E-state index contributed by atoms with van der Waals surface area (Å²) in [6, 6.07) is 10.0. The number of hydrogen-bond acceptors (Lipinski definition) is 2. The zero-order chi connectivity index (χ0) is 13.4. The van der Waals surface area contributed by atoms with E-state index in [1.54, 1.807) is 0 Å². The van der Waals surface area contributed by atoms with E-state index in [9.17, 15) is 9.18 Å². The molecule has 3 rings (SSSR count). The Kier molecular flexibility index (Phi) is 2.82. The van der Waals surface area contributed by atoms with Crippen LogP contribution in [0.25, 0.3) is 11.1 Å². The number of ether oxygens (including phenoxy) is 1. The topological polar surface area (TPSA) is 26.3 Å². The van der Waals surface area contributed by atoms with E-state index in [2.05, 4.69) is 0 Å². The second kappa shape index (κ2) is 4.50. The normalized spacial score (nSPS) is 12.9. The Hall–Kier alpha value is -2.16. The van der Waals surface area contributed by atoms with Gasteiger partial charge < -0.3 is 4.74 Å². The summed E-state index contributed by atoms with van der Waals surface area (Å²) in [7, 11) is 0. The Labute approximate surface area is 110 Å². The molecule has 2 nitrogen and oxygen atoms in total. The molecule has 19 heavy (non-hydrogen) atoms. The molecule has 96 valence electrons. The molecule has 0 saturated heterocycles. The van der Waals surface area contributed by atoms with Gasteiger partial charge in [-0.3, -0.25) is 4.79 Å². The van der Waals surface area contributed by atoms with Crippen molar-refractivity contribution in [3.63, 3.8) is 0 Å². The van der Waals surface area contributed by atoms with Gasteiger partial charge in [0.25, 0.3) is 0 Å². The van der Waals surface area contributed by atoms with Crippen LogP contribution in [0.3, 0.4) is 0 Å². The number of benzene rings is 2. The number of Topliss-reactive ketones (excluding diaryl/α,β-unsaturated/α-hetero) is 1. The van der Waals surface area contributed by atoms with Crippen molar-refractivity contribution in [2.45, 2.75) is 13.3 Å². The lowest BCUT2D eigenvalue weighted by atomic mass is 9.95. The molecule has 2 aromatic carbocycles. The van der Waals surface area contributed by atoms with E-state index >= 15 is 0 Å². The van der Waals surface area contributed by atoms with Crippen molar-refractivity contribution in [2.24, 2.45) is 0 Å². The number of fused-ring (bicyclic) bond motifs is 1. The van der Waals surface area contributed by atoms with E-state index in [0.29, 0.717) is 17.7 Å². The monoisotopic (exact) mass is 256 g/mol. The molecule has 0 saturated carbocycles. The lowest BCUT2D eigenvalue weighted by Crippen LogP contribution is -1.98. The van der Waals surface area contributed by atoms with Crippen molar-refractivity contribution in [1.29, 1.82) is 0 Å². The summed E-state index contributed by atoms with van der Waals surface area (Å²) >= 11 is 0. The van der Waals surface area contributed by atoms with Gasteiger partial charge in [0.05, 0.1) is 6.61 Å². The van der Waals surface area contributed by atoms with Gasteiger partial charge in [0, 0.05) is 17.5 Å². The first-order chi connectivity index (χ1) is 9.16. The minimum absolute atomic E-state index is 0.0781. The quantitative estimate of drug-likeness (QED) is 0.767. The van der Waals surface area contributed by atoms with Crippen LogP contribution in [-0.4, -0.2) is 12.4 Å². The van der Waals surface area contributed by atoms with E-state index in [0.717, 1.165) is 23.3 Å². The van der Waals surface area contributed by atoms with Gasteiger partial charge in [-0.05, 0) is 36.2 Å². The number of rotatable bonds is 2. The number of para-hydroxylation sites is 1. The average molecular weight is 256 g/mol. The minimum Gasteiger partial charge on any atom is -0.492 e. The molecule has 1 aliphatic rings. The summed E-state index contributed by atoms with van der Waals surface area (Å²) in [5, 5.41) is 0. The van der Waals surface area contributed by atoms with Crippen molar-refractivity contribution in [1.82, 2.24) is 0 Å². The highest BCUT2D eigenvalue weighted by Gasteiger charge is 2.20. The summed E-state index contributed by atoms with van der Waals surface area (Å²) < 4.78 is 19.1. The number of carbonyl (C=O) groups excluding carboxylic acids is 1. The van der Waals surface area contributed by atoms with Crippen LogP contribution in [0.4, 0.5) is 4.39 Å². The molecule has 0 bridgehead atoms. The lowest BCUT2D eigenvalue weighted by molar-refractivity contribution is 0.101. The van der Waals surface area contributed by atoms with Crippen molar-refractivity contribution < 1.29 is 13.9 Å². The van der Waals surface area contributed by atoms with Crippen LogP contribution in [0.15, 0.2) is 36.4 Å². The van der Waals surface area contributed by atoms with Crippen molar-refractivity contribution in [3.05, 3.63) is 53.3 Å². The third kappa shape index (κ3) is 2.01. The van der Waals surface area contributed by atoms with Crippen LogP contribution in [0.5, 0.6) is 5.75 Å². The van der Waals surface area contributed by atoms with Gasteiger partial charge in [0.1, 0.15) is 11.6 Å². The minimum atomic E-state index is -0.351. The second-order valence-electron chi connectivity index (χ2n) is 4.64. The van der Waals surface area contributed by atoms with Crippen molar-refractivity contribution in [3.8, 4) is 16.9 Å². The standard InChI is InChI=1S/C16H13FO2/c1-10(18)13-6-5-12(17)9-15(13)14-4-2-3-11-7-8-19-16(11)14/h2-6,9H,7-8H2,1H3. The molecule has 0 fully saturated rings. The van der Waals surface area contributed by atoms with Gasteiger partial charge in [-0.15, -0.1) is 0 Å². The van der Waals surface area contributed by atoms with Crippen LogP contribution in [0.1, 0.15) is 22.8 Å². The molecular weight excluding hydrogens is 243 g/mol. The average Bonchev–Trinajstić information content (AvgIpc) is 2.86. The predicted octanol–water partition coefficient (Wildman–Crippen LogP) is 3.63. The zero-order valence-corrected chi connectivity index (χ0v) is 10.6. The molecule has 2 aromatic rings. The van der Waals surface area contributed by atoms with Gasteiger partial charge in [0.15, 0.2) is 5.78 Å². The first-order valence-electron chi connectivity index (χ1n) is 6.22. The van der Waals surface area contributed by atoms with Crippen LogP contribution < -0.4 is 4.74 Å². The van der Waals surface area contributed by atoms with Crippen molar-refractivity contribution in [2.75, 3.05) is 6.61 Å². The molecule has 0 aromatic heterocycles. The van der Waals surface area contributed by atoms with Crippen molar-refractivity contribution >= 4 is 5.78 Å². The molecule has 0 radical (unpaired) electrons. The van der Waals surface area contributed by atoms with Gasteiger partial charge in [-0.25, -0.2) is 4.39 Å².